The molecule has 4 rings (SSSR count). The second-order valence-corrected chi connectivity index (χ2v) is 6.73. The number of aromatic nitrogens is 3. The van der Waals surface area contributed by atoms with Gasteiger partial charge in [-0.15, -0.1) is 0 Å². The van der Waals surface area contributed by atoms with Crippen molar-refractivity contribution in [2.75, 3.05) is 18.5 Å². The van der Waals surface area contributed by atoms with Crippen molar-refractivity contribution in [3.8, 4) is 17.1 Å². The van der Waals surface area contributed by atoms with Gasteiger partial charge in [0.2, 0.25) is 17.6 Å². The Labute approximate surface area is 172 Å². The topological polar surface area (TPSA) is 116 Å². The van der Waals surface area contributed by atoms with Crippen molar-refractivity contribution in [1.29, 1.82) is 0 Å². The number of hydrogen-bond donors (Lipinski definition) is 1. The summed E-state index contributed by atoms with van der Waals surface area (Å²) in [6.45, 7) is 0.0415. The first-order chi connectivity index (χ1) is 14.7. The summed E-state index contributed by atoms with van der Waals surface area (Å²) in [7, 11) is 0. The van der Waals surface area contributed by atoms with Gasteiger partial charge in [0, 0.05) is 36.5 Å². The molecule has 1 N–H and O–H groups in total. The van der Waals surface area contributed by atoms with Crippen LogP contribution >= 0.6 is 0 Å². The van der Waals surface area contributed by atoms with Gasteiger partial charge in [-0.3, -0.25) is 9.78 Å². The number of aryl methyl sites for hydroxylation is 2. The lowest BCUT2D eigenvalue weighted by Crippen LogP contribution is -2.19. The molecular formula is C21H20N4O5. The van der Waals surface area contributed by atoms with Crippen LogP contribution in [0.3, 0.4) is 0 Å². The molecule has 0 saturated carbocycles. The molecule has 0 bridgehead atoms. The van der Waals surface area contributed by atoms with Crippen LogP contribution < -0.4 is 10.1 Å². The van der Waals surface area contributed by atoms with Crippen LogP contribution in [0.1, 0.15) is 24.3 Å². The predicted octanol–water partition coefficient (Wildman–Crippen LogP) is 2.57. The molecule has 0 fully saturated rings. The average molecular weight is 408 g/mol. The number of carbonyl (C=O) groups excluding carboxylic acids is 2. The lowest BCUT2D eigenvalue weighted by Gasteiger charge is -2.17. The van der Waals surface area contributed by atoms with E-state index in [1.165, 1.54) is 0 Å². The third-order valence-corrected chi connectivity index (χ3v) is 4.51. The van der Waals surface area contributed by atoms with Crippen LogP contribution in [0.5, 0.6) is 5.75 Å². The molecular weight excluding hydrogens is 388 g/mol. The molecule has 1 amide bonds. The van der Waals surface area contributed by atoms with Gasteiger partial charge in [0.25, 0.3) is 0 Å². The van der Waals surface area contributed by atoms with E-state index < -0.39 is 5.97 Å². The Bertz CT molecular complexity index is 1030. The van der Waals surface area contributed by atoms with Gasteiger partial charge >= 0.3 is 5.97 Å². The largest absolute Gasteiger partial charge is 0.482 e. The monoisotopic (exact) mass is 408 g/mol. The van der Waals surface area contributed by atoms with Crippen molar-refractivity contribution < 1.29 is 23.6 Å². The van der Waals surface area contributed by atoms with Crippen molar-refractivity contribution in [1.82, 2.24) is 15.1 Å². The molecule has 0 aliphatic carbocycles. The lowest BCUT2D eigenvalue weighted by atomic mass is 10.0. The number of pyridine rings is 1. The highest BCUT2D eigenvalue weighted by Gasteiger charge is 2.15. The number of hydrogen-bond acceptors (Lipinski definition) is 8. The highest BCUT2D eigenvalue weighted by atomic mass is 16.6. The van der Waals surface area contributed by atoms with Crippen molar-refractivity contribution in [2.24, 2.45) is 0 Å². The Morgan fingerprint density at radius 2 is 2.17 bits per heavy atom. The fourth-order valence-corrected chi connectivity index (χ4v) is 3.01. The molecule has 154 valence electrons. The first-order valence-electron chi connectivity index (χ1n) is 9.61. The number of anilines is 1. The van der Waals surface area contributed by atoms with Crippen LogP contribution in [-0.2, 0) is 27.2 Å². The summed E-state index contributed by atoms with van der Waals surface area (Å²) in [6, 6.07) is 8.97. The molecule has 1 aromatic carbocycles. The number of ether oxygens (including phenoxy) is 2. The number of benzene rings is 1. The number of amides is 1. The second kappa shape index (κ2) is 9.17. The predicted molar refractivity (Wildman–Crippen MR) is 106 cm³/mol. The Hall–Kier alpha value is -3.75. The zero-order valence-corrected chi connectivity index (χ0v) is 16.2. The van der Waals surface area contributed by atoms with E-state index in [0.717, 1.165) is 16.8 Å². The van der Waals surface area contributed by atoms with Gasteiger partial charge < -0.3 is 19.3 Å². The van der Waals surface area contributed by atoms with Crippen LogP contribution in [-0.4, -0.2) is 40.2 Å². The maximum atomic E-state index is 11.9. The molecule has 0 unspecified atom stereocenters. The first kappa shape index (κ1) is 19.6. The number of nitrogens with one attached hydrogen (secondary N) is 1. The number of carbonyl (C=O) groups is 2. The third kappa shape index (κ3) is 4.99. The summed E-state index contributed by atoms with van der Waals surface area (Å²) in [6.07, 6.45) is 5.49. The van der Waals surface area contributed by atoms with Gasteiger partial charge in [0.05, 0.1) is 6.61 Å². The molecule has 30 heavy (non-hydrogen) atoms. The van der Waals surface area contributed by atoms with Crippen LogP contribution in [0, 0.1) is 0 Å². The van der Waals surface area contributed by atoms with Crippen LogP contribution in [0.25, 0.3) is 11.4 Å². The molecule has 1 aliphatic heterocycles. The van der Waals surface area contributed by atoms with E-state index in [1.54, 1.807) is 30.6 Å². The fraction of sp³-hybridized carbons (Fsp3) is 0.286. The molecule has 0 saturated heterocycles. The van der Waals surface area contributed by atoms with Crippen molar-refractivity contribution in [3.63, 3.8) is 0 Å². The van der Waals surface area contributed by atoms with Crippen LogP contribution in [0.4, 0.5) is 5.69 Å². The average Bonchev–Trinajstić information content (AvgIpc) is 3.25. The molecule has 3 heterocycles. The summed E-state index contributed by atoms with van der Waals surface area (Å²) >= 11 is 0. The van der Waals surface area contributed by atoms with Gasteiger partial charge in [0.15, 0.2) is 6.61 Å². The zero-order valence-electron chi connectivity index (χ0n) is 16.2. The van der Waals surface area contributed by atoms with Gasteiger partial charge in [-0.25, -0.2) is 4.79 Å². The highest BCUT2D eigenvalue weighted by molar-refractivity contribution is 5.94. The minimum Gasteiger partial charge on any atom is -0.482 e. The maximum absolute atomic E-state index is 11.9. The van der Waals surface area contributed by atoms with Crippen molar-refractivity contribution >= 4 is 17.6 Å². The number of fused-ring (bicyclic) bond motifs is 1. The molecule has 9 heteroatoms. The zero-order chi connectivity index (χ0) is 20.8. The summed E-state index contributed by atoms with van der Waals surface area (Å²) < 4.78 is 15.9. The first-order valence-corrected chi connectivity index (χ1v) is 9.61. The van der Waals surface area contributed by atoms with Gasteiger partial charge in [-0.2, -0.15) is 4.98 Å². The number of rotatable bonds is 8. The number of esters is 1. The third-order valence-electron chi connectivity index (χ3n) is 4.51. The molecule has 3 aromatic rings. The van der Waals surface area contributed by atoms with Crippen LogP contribution in [0.2, 0.25) is 0 Å². The van der Waals surface area contributed by atoms with E-state index in [9.17, 15) is 9.59 Å². The molecule has 0 atom stereocenters. The Kier molecular flexibility index (Phi) is 5.98. The van der Waals surface area contributed by atoms with E-state index >= 15 is 0 Å². The minimum absolute atomic E-state index is 0.00794. The fourth-order valence-electron chi connectivity index (χ4n) is 3.01. The van der Waals surface area contributed by atoms with E-state index in [1.807, 2.05) is 12.1 Å². The summed E-state index contributed by atoms with van der Waals surface area (Å²) in [5.41, 5.74) is 2.56. The molecule has 1 aliphatic rings. The van der Waals surface area contributed by atoms with Gasteiger partial charge in [0.1, 0.15) is 5.75 Å². The van der Waals surface area contributed by atoms with Gasteiger partial charge in [-0.05, 0) is 48.7 Å². The normalized spacial score (nSPS) is 12.7. The summed E-state index contributed by atoms with van der Waals surface area (Å²) in [5, 5.41) is 6.73. The quantitative estimate of drug-likeness (QED) is 0.446. The molecule has 0 spiro atoms. The van der Waals surface area contributed by atoms with E-state index in [4.69, 9.17) is 14.0 Å². The smallest absolute Gasteiger partial charge is 0.344 e. The van der Waals surface area contributed by atoms with E-state index in [-0.39, 0.29) is 19.1 Å². The Balaban J connectivity index is 1.17. The lowest BCUT2D eigenvalue weighted by molar-refractivity contribution is -0.146. The SMILES string of the molecule is O=C1CCc2cc(OCC(=O)OCCCc3nc(-c4cccnc4)no3)ccc2N1. The summed E-state index contributed by atoms with van der Waals surface area (Å²) in [4.78, 5) is 31.6. The van der Waals surface area contributed by atoms with Crippen molar-refractivity contribution in [3.05, 3.63) is 54.2 Å². The summed E-state index contributed by atoms with van der Waals surface area (Å²) in [5.74, 6) is 1.07. The Morgan fingerprint density at radius 3 is 3.03 bits per heavy atom. The molecule has 2 aromatic heterocycles. The van der Waals surface area contributed by atoms with E-state index in [2.05, 4.69) is 20.4 Å². The maximum Gasteiger partial charge on any atom is 0.344 e. The van der Waals surface area contributed by atoms with E-state index in [0.29, 0.717) is 43.1 Å². The standard InChI is InChI=1S/C21H20N4O5/c26-18-8-5-14-11-16(6-7-17(14)23-18)29-13-20(27)28-10-2-4-19-24-21(25-30-19)15-3-1-9-22-12-15/h1,3,6-7,9,11-12H,2,4-5,8,10,13H2,(H,23,26). The van der Waals surface area contributed by atoms with Crippen molar-refractivity contribution in [2.45, 2.75) is 25.7 Å². The molecule has 0 radical (unpaired) electrons. The minimum atomic E-state index is -0.456. The molecule has 9 nitrogen and oxygen atoms in total. The van der Waals surface area contributed by atoms with Gasteiger partial charge in [-0.1, -0.05) is 5.16 Å². The number of nitrogens with zero attached hydrogens (tertiary/aromatic N) is 3. The van der Waals surface area contributed by atoms with Crippen LogP contribution in [0.15, 0.2) is 47.2 Å². The Morgan fingerprint density at radius 1 is 1.23 bits per heavy atom. The highest BCUT2D eigenvalue weighted by Crippen LogP contribution is 2.26. The second-order valence-electron chi connectivity index (χ2n) is 6.73.